The van der Waals surface area contributed by atoms with Gasteiger partial charge in [-0.2, -0.15) is 0 Å². The van der Waals surface area contributed by atoms with Crippen LogP contribution >= 0.6 is 0 Å². The summed E-state index contributed by atoms with van der Waals surface area (Å²) in [7, 11) is 0. The molecule has 98 valence electrons. The molecule has 1 aliphatic carbocycles. The second-order valence-electron chi connectivity index (χ2n) is 5.90. The fourth-order valence-electron chi connectivity index (χ4n) is 1.74. The maximum Gasteiger partial charge on any atom is 0.223 e. The van der Waals surface area contributed by atoms with Crippen LogP contribution in [0, 0.1) is 5.41 Å². The summed E-state index contributed by atoms with van der Waals surface area (Å²) in [4.78, 5) is 14.0. The summed E-state index contributed by atoms with van der Waals surface area (Å²) in [6.45, 7) is 6.72. The summed E-state index contributed by atoms with van der Waals surface area (Å²) < 4.78 is 0. The fraction of sp³-hybridized carbons (Fsp3) is 0.833. The molecular weight excluding hydrogens is 218 g/mol. The summed E-state index contributed by atoms with van der Waals surface area (Å²) in [5.74, 6) is 0.352. The molecule has 0 spiro atoms. The van der Waals surface area contributed by atoms with E-state index in [0.717, 1.165) is 12.8 Å². The number of rotatable bonds is 5. The van der Waals surface area contributed by atoms with E-state index in [9.17, 15) is 4.79 Å². The van der Waals surface area contributed by atoms with Gasteiger partial charge in [0.1, 0.15) is 5.84 Å². The van der Waals surface area contributed by atoms with Crippen molar-refractivity contribution in [1.29, 1.82) is 0 Å². The molecule has 1 saturated carbocycles. The van der Waals surface area contributed by atoms with Crippen molar-refractivity contribution in [3.63, 3.8) is 0 Å². The second kappa shape index (κ2) is 5.38. The van der Waals surface area contributed by atoms with Crippen LogP contribution in [0.15, 0.2) is 5.16 Å². The minimum absolute atomic E-state index is 0.000829. The molecule has 0 unspecified atom stereocenters. The van der Waals surface area contributed by atoms with Gasteiger partial charge in [-0.3, -0.25) is 4.79 Å². The van der Waals surface area contributed by atoms with E-state index in [-0.39, 0.29) is 17.2 Å². The lowest BCUT2D eigenvalue weighted by molar-refractivity contribution is -0.133. The molecule has 0 bridgehead atoms. The van der Waals surface area contributed by atoms with Crippen molar-refractivity contribution < 1.29 is 10.0 Å². The van der Waals surface area contributed by atoms with Gasteiger partial charge in [-0.25, -0.2) is 0 Å². The first-order valence-electron chi connectivity index (χ1n) is 6.09. The quantitative estimate of drug-likeness (QED) is 0.332. The van der Waals surface area contributed by atoms with Crippen LogP contribution in [0.5, 0.6) is 0 Å². The van der Waals surface area contributed by atoms with Crippen LogP contribution < -0.4 is 5.73 Å². The highest BCUT2D eigenvalue weighted by atomic mass is 16.4. The molecule has 0 radical (unpaired) electrons. The molecule has 3 N–H and O–H groups in total. The number of nitrogens with zero attached hydrogens (tertiary/aromatic N) is 2. The zero-order chi connectivity index (χ0) is 13.1. The minimum Gasteiger partial charge on any atom is -0.409 e. The molecule has 5 nitrogen and oxygen atoms in total. The number of hydrogen-bond donors (Lipinski definition) is 2. The highest BCUT2D eigenvalue weighted by Crippen LogP contribution is 2.29. The number of carbonyl (C=O) groups is 1. The first-order valence-corrected chi connectivity index (χ1v) is 6.09. The van der Waals surface area contributed by atoms with Gasteiger partial charge in [-0.15, -0.1) is 0 Å². The normalized spacial score (nSPS) is 17.0. The Kier molecular flexibility index (Phi) is 4.37. The average molecular weight is 241 g/mol. The Morgan fingerprint density at radius 2 is 2.06 bits per heavy atom. The fourth-order valence-corrected chi connectivity index (χ4v) is 1.74. The Labute approximate surface area is 103 Å². The summed E-state index contributed by atoms with van der Waals surface area (Å²) in [5, 5.41) is 11.4. The molecule has 0 heterocycles. The lowest BCUT2D eigenvalue weighted by atomic mass is 9.91. The first-order chi connectivity index (χ1) is 7.83. The van der Waals surface area contributed by atoms with Crippen LogP contribution in [0.1, 0.15) is 46.5 Å². The van der Waals surface area contributed by atoms with E-state index in [1.54, 1.807) is 0 Å². The van der Waals surface area contributed by atoms with E-state index in [2.05, 4.69) is 25.9 Å². The zero-order valence-electron chi connectivity index (χ0n) is 10.9. The lowest BCUT2D eigenvalue weighted by Gasteiger charge is -2.26. The number of amidine groups is 1. The van der Waals surface area contributed by atoms with Crippen molar-refractivity contribution in [1.82, 2.24) is 4.90 Å². The van der Waals surface area contributed by atoms with Crippen LogP contribution in [0.4, 0.5) is 0 Å². The van der Waals surface area contributed by atoms with Crippen molar-refractivity contribution in [3.05, 3.63) is 0 Å². The van der Waals surface area contributed by atoms with Gasteiger partial charge >= 0.3 is 0 Å². The topological polar surface area (TPSA) is 78.9 Å². The van der Waals surface area contributed by atoms with E-state index >= 15 is 0 Å². The Morgan fingerprint density at radius 1 is 1.47 bits per heavy atom. The summed E-state index contributed by atoms with van der Waals surface area (Å²) >= 11 is 0. The van der Waals surface area contributed by atoms with Crippen molar-refractivity contribution in [2.24, 2.45) is 16.3 Å². The van der Waals surface area contributed by atoms with Crippen LogP contribution in [-0.2, 0) is 4.79 Å². The van der Waals surface area contributed by atoms with Crippen LogP contribution in [0.2, 0.25) is 0 Å². The van der Waals surface area contributed by atoms with Gasteiger partial charge in [0.2, 0.25) is 5.91 Å². The molecule has 0 aromatic rings. The first kappa shape index (κ1) is 13.8. The van der Waals surface area contributed by atoms with E-state index < -0.39 is 0 Å². The molecule has 0 saturated heterocycles. The number of oxime groups is 1. The van der Waals surface area contributed by atoms with Gasteiger partial charge in [0.15, 0.2) is 0 Å². The third-order valence-corrected chi connectivity index (χ3v) is 2.73. The second-order valence-corrected chi connectivity index (χ2v) is 5.90. The highest BCUT2D eigenvalue weighted by molar-refractivity contribution is 5.81. The average Bonchev–Trinajstić information content (AvgIpc) is 2.99. The Morgan fingerprint density at radius 3 is 2.47 bits per heavy atom. The van der Waals surface area contributed by atoms with E-state index in [0.29, 0.717) is 25.4 Å². The Hall–Kier alpha value is -1.26. The molecule has 1 rings (SSSR count). The maximum absolute atomic E-state index is 12.1. The van der Waals surface area contributed by atoms with Gasteiger partial charge in [-0.05, 0) is 18.3 Å². The van der Waals surface area contributed by atoms with Gasteiger partial charge in [0.05, 0.1) is 0 Å². The zero-order valence-corrected chi connectivity index (χ0v) is 10.9. The molecule has 17 heavy (non-hydrogen) atoms. The highest BCUT2D eigenvalue weighted by Gasteiger charge is 2.33. The van der Waals surface area contributed by atoms with Gasteiger partial charge < -0.3 is 15.8 Å². The van der Waals surface area contributed by atoms with Crippen molar-refractivity contribution in [3.8, 4) is 0 Å². The van der Waals surface area contributed by atoms with E-state index in [1.165, 1.54) is 0 Å². The summed E-state index contributed by atoms with van der Waals surface area (Å²) in [6.07, 6.45) is 3.13. The summed E-state index contributed by atoms with van der Waals surface area (Å²) in [5.41, 5.74) is 5.43. The third-order valence-electron chi connectivity index (χ3n) is 2.73. The van der Waals surface area contributed by atoms with Gasteiger partial charge in [-0.1, -0.05) is 25.9 Å². The molecule has 1 fully saturated rings. The smallest absolute Gasteiger partial charge is 0.223 e. The Bertz CT molecular complexity index is 303. The summed E-state index contributed by atoms with van der Waals surface area (Å²) in [6, 6.07) is 0.372. The van der Waals surface area contributed by atoms with Crippen molar-refractivity contribution in [2.75, 3.05) is 6.54 Å². The molecule has 1 aliphatic rings. The van der Waals surface area contributed by atoms with Gasteiger partial charge in [0.25, 0.3) is 0 Å². The lowest BCUT2D eigenvalue weighted by Crippen LogP contribution is -2.37. The SMILES string of the molecule is CC(C)(C)CC(=O)N(CC/C(N)=N/O)C1CC1. The molecular formula is C12H23N3O2. The molecule has 5 heteroatoms. The standard InChI is InChI=1S/C12H23N3O2/c1-12(2,3)8-11(16)15(9-4-5-9)7-6-10(13)14-17/h9,17H,4-8H2,1-3H3,(H2,13,14). The van der Waals surface area contributed by atoms with Crippen LogP contribution in [0.25, 0.3) is 0 Å². The van der Waals surface area contributed by atoms with Crippen molar-refractivity contribution in [2.45, 2.75) is 52.5 Å². The van der Waals surface area contributed by atoms with E-state index in [1.807, 2.05) is 4.90 Å². The number of nitrogens with two attached hydrogens (primary N) is 1. The minimum atomic E-state index is 0.000829. The third kappa shape index (κ3) is 5.06. The van der Waals surface area contributed by atoms with Crippen LogP contribution in [-0.4, -0.2) is 34.4 Å². The number of hydrogen-bond acceptors (Lipinski definition) is 3. The predicted octanol–water partition coefficient (Wildman–Crippen LogP) is 1.55. The molecule has 0 atom stereocenters. The monoisotopic (exact) mass is 241 g/mol. The molecule has 1 amide bonds. The number of carbonyl (C=O) groups excluding carboxylic acids is 1. The molecule has 0 aromatic carbocycles. The largest absolute Gasteiger partial charge is 0.409 e. The van der Waals surface area contributed by atoms with Crippen LogP contribution in [0.3, 0.4) is 0 Å². The molecule has 0 aromatic heterocycles. The van der Waals surface area contributed by atoms with Crippen molar-refractivity contribution >= 4 is 11.7 Å². The maximum atomic E-state index is 12.1. The Balaban J connectivity index is 2.51. The van der Waals surface area contributed by atoms with Gasteiger partial charge in [0, 0.05) is 25.4 Å². The molecule has 0 aliphatic heterocycles. The number of amides is 1. The predicted molar refractivity (Wildman–Crippen MR) is 66.8 cm³/mol. The van der Waals surface area contributed by atoms with E-state index in [4.69, 9.17) is 10.9 Å².